The van der Waals surface area contributed by atoms with Crippen molar-refractivity contribution in [1.82, 2.24) is 15.0 Å². The second kappa shape index (κ2) is 7.11. The van der Waals surface area contributed by atoms with E-state index in [9.17, 15) is 0 Å². The molecule has 0 bridgehead atoms. The van der Waals surface area contributed by atoms with Gasteiger partial charge in [-0.15, -0.1) is 0 Å². The van der Waals surface area contributed by atoms with Gasteiger partial charge in [-0.1, -0.05) is 19.3 Å². The monoisotopic (exact) mass is 306 g/mol. The van der Waals surface area contributed by atoms with Crippen LogP contribution < -0.4 is 5.32 Å². The Hall–Kier alpha value is -1.30. The largest absolute Gasteiger partial charge is 0.422 e. The first kappa shape index (κ1) is 14.6. The van der Waals surface area contributed by atoms with Crippen molar-refractivity contribution in [3.63, 3.8) is 0 Å². The van der Waals surface area contributed by atoms with E-state index in [1.165, 1.54) is 44.2 Å². The molecule has 2 aromatic rings. The van der Waals surface area contributed by atoms with E-state index in [-0.39, 0.29) is 0 Å². The van der Waals surface area contributed by atoms with Crippen molar-refractivity contribution in [2.75, 3.05) is 17.6 Å². The zero-order valence-corrected chi connectivity index (χ0v) is 13.3. The second-order valence-electron chi connectivity index (χ2n) is 5.52. The SMILES string of the molecule is Cc1nc2c(NCCCSC3CCCCC3)ncnc2o1. The first-order valence-corrected chi connectivity index (χ1v) is 8.81. The van der Waals surface area contributed by atoms with E-state index in [0.29, 0.717) is 11.6 Å². The summed E-state index contributed by atoms with van der Waals surface area (Å²) >= 11 is 2.13. The predicted molar refractivity (Wildman–Crippen MR) is 86.8 cm³/mol. The Morgan fingerprint density at radius 2 is 2.14 bits per heavy atom. The van der Waals surface area contributed by atoms with Gasteiger partial charge < -0.3 is 9.73 Å². The van der Waals surface area contributed by atoms with E-state index in [0.717, 1.165) is 29.6 Å². The molecule has 0 atom stereocenters. The van der Waals surface area contributed by atoms with Crippen LogP contribution >= 0.6 is 11.8 Å². The molecule has 1 aliphatic rings. The van der Waals surface area contributed by atoms with Crippen molar-refractivity contribution in [2.45, 2.75) is 50.7 Å². The first-order chi connectivity index (χ1) is 10.3. The molecule has 0 radical (unpaired) electrons. The maximum Gasteiger partial charge on any atom is 0.252 e. The minimum absolute atomic E-state index is 0.557. The Morgan fingerprint density at radius 3 is 3.00 bits per heavy atom. The van der Waals surface area contributed by atoms with Crippen molar-refractivity contribution < 1.29 is 4.42 Å². The molecule has 0 aromatic carbocycles. The van der Waals surface area contributed by atoms with Gasteiger partial charge in [0, 0.05) is 18.7 Å². The van der Waals surface area contributed by atoms with Crippen LogP contribution in [0.1, 0.15) is 44.4 Å². The first-order valence-electron chi connectivity index (χ1n) is 7.76. The molecule has 0 aliphatic heterocycles. The minimum Gasteiger partial charge on any atom is -0.422 e. The number of rotatable bonds is 6. The van der Waals surface area contributed by atoms with Crippen molar-refractivity contribution in [3.05, 3.63) is 12.2 Å². The molecule has 1 saturated carbocycles. The van der Waals surface area contributed by atoms with Crippen LogP contribution in [-0.2, 0) is 0 Å². The predicted octanol–water partition coefficient (Wildman–Crippen LogP) is 3.79. The highest BCUT2D eigenvalue weighted by Crippen LogP contribution is 2.28. The molecule has 5 nitrogen and oxygen atoms in total. The van der Waals surface area contributed by atoms with Gasteiger partial charge in [-0.3, -0.25) is 0 Å². The molecule has 2 heterocycles. The number of aromatic nitrogens is 3. The number of hydrogen-bond acceptors (Lipinski definition) is 6. The fourth-order valence-corrected chi connectivity index (χ4v) is 4.06. The zero-order valence-electron chi connectivity index (χ0n) is 12.5. The van der Waals surface area contributed by atoms with Crippen LogP contribution in [0.4, 0.5) is 5.82 Å². The summed E-state index contributed by atoms with van der Waals surface area (Å²) in [6.45, 7) is 2.74. The summed E-state index contributed by atoms with van der Waals surface area (Å²) in [6.07, 6.45) is 9.74. The summed E-state index contributed by atoms with van der Waals surface area (Å²) in [5, 5.41) is 4.24. The molecule has 2 aromatic heterocycles. The van der Waals surface area contributed by atoms with Gasteiger partial charge in [0.05, 0.1) is 0 Å². The lowest BCUT2D eigenvalue weighted by molar-refractivity contribution is 0.516. The minimum atomic E-state index is 0.557. The van der Waals surface area contributed by atoms with Crippen LogP contribution in [0.15, 0.2) is 10.7 Å². The van der Waals surface area contributed by atoms with Gasteiger partial charge in [-0.25, -0.2) is 9.97 Å². The number of fused-ring (bicyclic) bond motifs is 1. The lowest BCUT2D eigenvalue weighted by Crippen LogP contribution is -2.10. The smallest absolute Gasteiger partial charge is 0.252 e. The number of aryl methyl sites for hydroxylation is 1. The fraction of sp³-hybridized carbons (Fsp3) is 0.667. The van der Waals surface area contributed by atoms with Gasteiger partial charge >= 0.3 is 0 Å². The van der Waals surface area contributed by atoms with Crippen LogP contribution in [0, 0.1) is 6.92 Å². The molecule has 0 amide bonds. The van der Waals surface area contributed by atoms with Crippen LogP contribution in [0.3, 0.4) is 0 Å². The van der Waals surface area contributed by atoms with E-state index in [2.05, 4.69) is 32.0 Å². The molecule has 0 spiro atoms. The van der Waals surface area contributed by atoms with E-state index in [1.807, 2.05) is 6.92 Å². The lowest BCUT2D eigenvalue weighted by Gasteiger charge is -2.20. The Kier molecular flexibility index (Phi) is 4.95. The standard InChI is InChI=1S/C15H22N4OS/c1-11-19-13-14(17-10-18-15(13)20-11)16-8-5-9-21-12-6-3-2-4-7-12/h10,12H,2-9H2,1H3,(H,16,17,18). The van der Waals surface area contributed by atoms with Crippen LogP contribution in [0.25, 0.3) is 11.2 Å². The molecule has 3 rings (SSSR count). The van der Waals surface area contributed by atoms with Gasteiger partial charge in [0.25, 0.3) is 5.71 Å². The van der Waals surface area contributed by atoms with E-state index in [1.54, 1.807) is 0 Å². The zero-order chi connectivity index (χ0) is 14.5. The van der Waals surface area contributed by atoms with E-state index >= 15 is 0 Å². The van der Waals surface area contributed by atoms with Gasteiger partial charge in [0.15, 0.2) is 17.2 Å². The summed E-state index contributed by atoms with van der Waals surface area (Å²) in [7, 11) is 0. The molecule has 114 valence electrons. The van der Waals surface area contributed by atoms with Crippen molar-refractivity contribution in [2.24, 2.45) is 0 Å². The molecule has 6 heteroatoms. The molecule has 1 N–H and O–H groups in total. The summed E-state index contributed by atoms with van der Waals surface area (Å²) in [4.78, 5) is 12.7. The van der Waals surface area contributed by atoms with Gasteiger partial charge in [0.2, 0.25) is 0 Å². The van der Waals surface area contributed by atoms with Crippen LogP contribution in [0.2, 0.25) is 0 Å². The Morgan fingerprint density at radius 1 is 1.29 bits per heavy atom. The molecule has 0 saturated heterocycles. The Bertz CT molecular complexity index is 580. The molecular formula is C15H22N4OS. The van der Waals surface area contributed by atoms with Crippen LogP contribution in [-0.4, -0.2) is 32.5 Å². The van der Waals surface area contributed by atoms with Gasteiger partial charge in [-0.05, 0) is 25.0 Å². The van der Waals surface area contributed by atoms with Crippen molar-refractivity contribution in [3.8, 4) is 0 Å². The average molecular weight is 306 g/mol. The fourth-order valence-electron chi connectivity index (χ4n) is 2.75. The summed E-state index contributed by atoms with van der Waals surface area (Å²) < 4.78 is 5.41. The van der Waals surface area contributed by atoms with Crippen LogP contribution in [0.5, 0.6) is 0 Å². The maximum absolute atomic E-state index is 5.41. The number of oxazole rings is 1. The highest BCUT2D eigenvalue weighted by atomic mass is 32.2. The third-order valence-electron chi connectivity index (χ3n) is 3.82. The number of anilines is 1. The van der Waals surface area contributed by atoms with E-state index in [4.69, 9.17) is 4.42 Å². The number of thioether (sulfide) groups is 1. The highest BCUT2D eigenvalue weighted by Gasteiger charge is 2.13. The van der Waals surface area contributed by atoms with Gasteiger partial charge in [-0.2, -0.15) is 16.7 Å². The average Bonchev–Trinajstić information content (AvgIpc) is 2.89. The summed E-state index contributed by atoms with van der Waals surface area (Å²) in [5.74, 6) is 2.62. The second-order valence-corrected chi connectivity index (χ2v) is 6.93. The summed E-state index contributed by atoms with van der Waals surface area (Å²) in [6, 6.07) is 0. The summed E-state index contributed by atoms with van der Waals surface area (Å²) in [5.41, 5.74) is 1.29. The number of nitrogens with zero attached hydrogens (tertiary/aromatic N) is 3. The molecule has 0 unspecified atom stereocenters. The highest BCUT2D eigenvalue weighted by molar-refractivity contribution is 7.99. The van der Waals surface area contributed by atoms with Crippen molar-refractivity contribution in [1.29, 1.82) is 0 Å². The third kappa shape index (κ3) is 3.87. The topological polar surface area (TPSA) is 63.8 Å². The Balaban J connectivity index is 1.44. The molecular weight excluding hydrogens is 284 g/mol. The molecule has 1 fully saturated rings. The Labute approximate surface area is 129 Å². The number of nitrogens with one attached hydrogen (secondary N) is 1. The normalized spacial score (nSPS) is 16.4. The van der Waals surface area contributed by atoms with Crippen molar-refractivity contribution >= 4 is 28.8 Å². The van der Waals surface area contributed by atoms with Gasteiger partial charge in [0.1, 0.15) is 6.33 Å². The third-order valence-corrected chi connectivity index (χ3v) is 5.29. The maximum atomic E-state index is 5.41. The molecule has 1 aliphatic carbocycles. The molecule has 21 heavy (non-hydrogen) atoms. The van der Waals surface area contributed by atoms with E-state index < -0.39 is 0 Å². The number of hydrogen-bond donors (Lipinski definition) is 1. The lowest BCUT2D eigenvalue weighted by atomic mass is 10.0. The quantitative estimate of drug-likeness (QED) is 0.819.